The Morgan fingerprint density at radius 2 is 1.80 bits per heavy atom. The molecular weight excluding hydrogens is 286 g/mol. The molecule has 0 aromatic carbocycles. The minimum Gasteiger partial charge on any atom is -0.481 e. The van der Waals surface area contributed by atoms with E-state index in [1.165, 1.54) is 7.05 Å². The van der Waals surface area contributed by atoms with Gasteiger partial charge in [0.25, 0.3) is 0 Å². The summed E-state index contributed by atoms with van der Waals surface area (Å²) in [4.78, 5) is 22.3. The van der Waals surface area contributed by atoms with E-state index in [2.05, 4.69) is 4.74 Å². The fourth-order valence-corrected chi connectivity index (χ4v) is 4.14. The first-order chi connectivity index (χ1) is 9.23. The summed E-state index contributed by atoms with van der Waals surface area (Å²) >= 11 is 0. The first kappa shape index (κ1) is 16.9. The number of hydrogen-bond acceptors (Lipinski definition) is 5. The predicted octanol–water partition coefficient (Wildman–Crippen LogP) is 0.599. The second-order valence-corrected chi connectivity index (χ2v) is 7.16. The zero-order valence-corrected chi connectivity index (χ0v) is 12.6. The molecule has 0 radical (unpaired) electrons. The van der Waals surface area contributed by atoms with Gasteiger partial charge in [0.1, 0.15) is 0 Å². The Morgan fingerprint density at radius 1 is 1.25 bits per heavy atom. The van der Waals surface area contributed by atoms with E-state index in [0.717, 1.165) is 30.7 Å². The van der Waals surface area contributed by atoms with Crippen LogP contribution in [-0.2, 0) is 24.3 Å². The molecular formula is C12H21NO6S. The van der Waals surface area contributed by atoms with Crippen LogP contribution in [0.4, 0.5) is 0 Å². The van der Waals surface area contributed by atoms with Crippen molar-refractivity contribution in [1.29, 1.82) is 0 Å². The number of carbonyl (C=O) groups is 2. The highest BCUT2D eigenvalue weighted by Crippen LogP contribution is 2.37. The van der Waals surface area contributed by atoms with Gasteiger partial charge in [-0.1, -0.05) is 19.3 Å². The van der Waals surface area contributed by atoms with Gasteiger partial charge in [-0.15, -0.1) is 0 Å². The van der Waals surface area contributed by atoms with Gasteiger partial charge in [-0.25, -0.2) is 8.42 Å². The lowest BCUT2D eigenvalue weighted by molar-refractivity contribution is -0.140. The minimum absolute atomic E-state index is 0.246. The van der Waals surface area contributed by atoms with Crippen molar-refractivity contribution in [2.45, 2.75) is 44.1 Å². The average molecular weight is 307 g/mol. The Morgan fingerprint density at radius 3 is 2.25 bits per heavy atom. The molecule has 0 saturated heterocycles. The van der Waals surface area contributed by atoms with E-state index in [4.69, 9.17) is 5.11 Å². The van der Waals surface area contributed by atoms with Crippen molar-refractivity contribution < 1.29 is 27.9 Å². The number of ether oxygens (including phenoxy) is 1. The number of sulfonamides is 1. The summed E-state index contributed by atoms with van der Waals surface area (Å²) in [5.41, 5.74) is -0.934. The lowest BCUT2D eigenvalue weighted by Crippen LogP contribution is -2.53. The number of nitrogens with zero attached hydrogens (tertiary/aromatic N) is 1. The smallest absolute Gasteiger partial charge is 0.322 e. The standard InChI is InChI=1S/C12H21NO6S/c1-13(20(17,18)9-11(16)19-2)12(8-10(14)15)6-4-3-5-7-12/h3-9H2,1-2H3,(H,14,15). The molecule has 8 heteroatoms. The van der Waals surface area contributed by atoms with Gasteiger partial charge in [0.2, 0.25) is 10.0 Å². The molecule has 0 unspecified atom stereocenters. The topological polar surface area (TPSA) is 101 Å². The lowest BCUT2D eigenvalue weighted by Gasteiger charge is -2.42. The second kappa shape index (κ2) is 6.53. The molecule has 0 aliphatic heterocycles. The predicted molar refractivity (Wildman–Crippen MR) is 71.6 cm³/mol. The number of carboxylic acid groups (broad SMARTS) is 1. The number of carbonyl (C=O) groups excluding carboxylic acids is 1. The van der Waals surface area contributed by atoms with Crippen molar-refractivity contribution in [2.75, 3.05) is 19.9 Å². The Labute approximate surface area is 118 Å². The number of esters is 1. The van der Waals surface area contributed by atoms with Crippen LogP contribution in [-0.4, -0.2) is 55.2 Å². The van der Waals surface area contributed by atoms with E-state index >= 15 is 0 Å². The van der Waals surface area contributed by atoms with Crippen molar-refractivity contribution >= 4 is 22.0 Å². The zero-order valence-electron chi connectivity index (χ0n) is 11.8. The summed E-state index contributed by atoms with van der Waals surface area (Å²) in [6.45, 7) is 0. The molecule has 0 aromatic rings. The molecule has 0 bridgehead atoms. The van der Waals surface area contributed by atoms with E-state index in [-0.39, 0.29) is 6.42 Å². The molecule has 116 valence electrons. The molecule has 1 fully saturated rings. The van der Waals surface area contributed by atoms with Crippen molar-refractivity contribution in [3.8, 4) is 0 Å². The SMILES string of the molecule is COC(=O)CS(=O)(=O)N(C)C1(CC(=O)O)CCCCC1. The zero-order chi connectivity index (χ0) is 15.4. The van der Waals surface area contributed by atoms with Gasteiger partial charge in [-0.3, -0.25) is 9.59 Å². The Balaban J connectivity index is 3.00. The van der Waals surface area contributed by atoms with Crippen LogP contribution in [0.5, 0.6) is 0 Å². The van der Waals surface area contributed by atoms with Crippen LogP contribution in [0.1, 0.15) is 38.5 Å². The third-order valence-electron chi connectivity index (χ3n) is 3.88. The largest absolute Gasteiger partial charge is 0.481 e. The lowest BCUT2D eigenvalue weighted by atomic mass is 9.79. The highest BCUT2D eigenvalue weighted by molar-refractivity contribution is 7.89. The van der Waals surface area contributed by atoms with E-state index in [1.807, 2.05) is 0 Å². The van der Waals surface area contributed by atoms with Crippen LogP contribution in [0, 0.1) is 0 Å². The van der Waals surface area contributed by atoms with Gasteiger partial charge in [0, 0.05) is 12.6 Å². The molecule has 1 saturated carbocycles. The van der Waals surface area contributed by atoms with Gasteiger partial charge < -0.3 is 9.84 Å². The molecule has 1 aliphatic rings. The summed E-state index contributed by atoms with van der Waals surface area (Å²) in [5.74, 6) is -2.65. The van der Waals surface area contributed by atoms with E-state index in [1.54, 1.807) is 0 Å². The van der Waals surface area contributed by atoms with Crippen LogP contribution in [0.15, 0.2) is 0 Å². The fraction of sp³-hybridized carbons (Fsp3) is 0.833. The third kappa shape index (κ3) is 3.92. The second-order valence-electron chi connectivity index (χ2n) is 5.16. The Kier molecular flexibility index (Phi) is 5.52. The number of aliphatic carboxylic acids is 1. The molecule has 0 atom stereocenters. The van der Waals surface area contributed by atoms with Gasteiger partial charge >= 0.3 is 11.9 Å². The van der Waals surface area contributed by atoms with Crippen molar-refractivity contribution in [3.05, 3.63) is 0 Å². The van der Waals surface area contributed by atoms with Crippen molar-refractivity contribution in [3.63, 3.8) is 0 Å². The average Bonchev–Trinajstić information content (AvgIpc) is 2.37. The van der Waals surface area contributed by atoms with E-state index < -0.39 is 33.3 Å². The van der Waals surface area contributed by atoms with Gasteiger partial charge in [-0.2, -0.15) is 4.31 Å². The van der Waals surface area contributed by atoms with E-state index in [0.29, 0.717) is 12.8 Å². The normalized spacial score (nSPS) is 18.8. The number of hydrogen-bond donors (Lipinski definition) is 1. The summed E-state index contributed by atoms with van der Waals surface area (Å²) in [7, 11) is -1.41. The number of methoxy groups -OCH3 is 1. The quantitative estimate of drug-likeness (QED) is 0.721. The van der Waals surface area contributed by atoms with Crippen LogP contribution < -0.4 is 0 Å². The number of carboxylic acids is 1. The van der Waals surface area contributed by atoms with Gasteiger partial charge in [-0.05, 0) is 12.8 Å². The molecule has 20 heavy (non-hydrogen) atoms. The van der Waals surface area contributed by atoms with Crippen LogP contribution >= 0.6 is 0 Å². The molecule has 0 heterocycles. The van der Waals surface area contributed by atoms with Crippen molar-refractivity contribution in [2.24, 2.45) is 0 Å². The molecule has 1 aliphatic carbocycles. The first-order valence-corrected chi connectivity index (χ1v) is 8.10. The minimum atomic E-state index is -3.88. The maximum Gasteiger partial charge on any atom is 0.322 e. The first-order valence-electron chi connectivity index (χ1n) is 6.49. The summed E-state index contributed by atoms with van der Waals surface area (Å²) in [6, 6.07) is 0. The highest BCUT2D eigenvalue weighted by Gasteiger charge is 2.44. The molecule has 1 N–H and O–H groups in total. The van der Waals surface area contributed by atoms with Gasteiger partial charge in [0.15, 0.2) is 5.75 Å². The number of rotatable bonds is 6. The van der Waals surface area contributed by atoms with Gasteiger partial charge in [0.05, 0.1) is 13.5 Å². The molecule has 0 aromatic heterocycles. The highest BCUT2D eigenvalue weighted by atomic mass is 32.2. The van der Waals surface area contributed by atoms with Crippen LogP contribution in [0.2, 0.25) is 0 Å². The van der Waals surface area contributed by atoms with Crippen molar-refractivity contribution in [1.82, 2.24) is 4.31 Å². The molecule has 0 spiro atoms. The Hall–Kier alpha value is -1.15. The molecule has 1 rings (SSSR count). The summed E-state index contributed by atoms with van der Waals surface area (Å²) in [5, 5.41) is 9.06. The summed E-state index contributed by atoms with van der Waals surface area (Å²) in [6.07, 6.45) is 3.28. The van der Waals surface area contributed by atoms with Crippen LogP contribution in [0.3, 0.4) is 0 Å². The maximum atomic E-state index is 12.2. The van der Waals surface area contributed by atoms with Crippen LogP contribution in [0.25, 0.3) is 0 Å². The monoisotopic (exact) mass is 307 g/mol. The fourth-order valence-electron chi connectivity index (χ4n) is 2.69. The summed E-state index contributed by atoms with van der Waals surface area (Å²) < 4.78 is 29.9. The van der Waals surface area contributed by atoms with E-state index in [9.17, 15) is 18.0 Å². The third-order valence-corrected chi connectivity index (χ3v) is 5.70. The Bertz CT molecular complexity index is 466. The molecule has 7 nitrogen and oxygen atoms in total. The molecule has 0 amide bonds. The maximum absolute atomic E-state index is 12.2.